The van der Waals surface area contributed by atoms with Crippen LogP contribution in [0, 0.1) is 11.8 Å². The van der Waals surface area contributed by atoms with E-state index in [1.54, 1.807) is 31.4 Å². The van der Waals surface area contributed by atoms with Gasteiger partial charge in [-0.05, 0) is 26.0 Å². The van der Waals surface area contributed by atoms with Crippen LogP contribution in [-0.2, 0) is 14.3 Å². The lowest BCUT2D eigenvalue weighted by Gasteiger charge is -2.25. The summed E-state index contributed by atoms with van der Waals surface area (Å²) in [5.41, 5.74) is -0.838. The number of imide groups is 1. The van der Waals surface area contributed by atoms with Crippen molar-refractivity contribution in [2.24, 2.45) is 11.8 Å². The Morgan fingerprint density at radius 2 is 1.68 bits per heavy atom. The maximum absolute atomic E-state index is 12.9. The second-order valence-electron chi connectivity index (χ2n) is 6.47. The van der Waals surface area contributed by atoms with E-state index >= 15 is 0 Å². The first-order valence-corrected chi connectivity index (χ1v) is 7.32. The number of rotatable bonds is 2. The molecule has 1 aromatic rings. The molecule has 5 heteroatoms. The molecule has 3 aliphatic rings. The maximum atomic E-state index is 12.9. The molecule has 2 bridgehead atoms. The molecule has 0 aromatic heterocycles. The molecular weight excluding hydrogens is 282 g/mol. The van der Waals surface area contributed by atoms with Crippen molar-refractivity contribution in [2.75, 3.05) is 12.0 Å². The number of ether oxygens (including phenoxy) is 2. The van der Waals surface area contributed by atoms with Crippen molar-refractivity contribution in [3.05, 3.63) is 36.4 Å². The zero-order chi connectivity index (χ0) is 15.7. The van der Waals surface area contributed by atoms with E-state index in [-0.39, 0.29) is 11.8 Å². The molecule has 22 heavy (non-hydrogen) atoms. The van der Waals surface area contributed by atoms with Gasteiger partial charge in [0, 0.05) is 6.07 Å². The highest BCUT2D eigenvalue weighted by Gasteiger charge is 2.70. The first-order valence-electron chi connectivity index (χ1n) is 7.32. The van der Waals surface area contributed by atoms with Crippen molar-refractivity contribution in [1.29, 1.82) is 0 Å². The summed E-state index contributed by atoms with van der Waals surface area (Å²) in [6.45, 7) is 3.75. The summed E-state index contributed by atoms with van der Waals surface area (Å²) in [4.78, 5) is 27.1. The molecule has 0 aliphatic carbocycles. The number of amides is 2. The third-order valence-electron chi connectivity index (χ3n) is 5.04. The summed E-state index contributed by atoms with van der Waals surface area (Å²) in [6, 6.07) is 7.01. The number of anilines is 1. The van der Waals surface area contributed by atoms with E-state index in [4.69, 9.17) is 9.47 Å². The quantitative estimate of drug-likeness (QED) is 0.618. The normalized spacial score (nSPS) is 38.8. The summed E-state index contributed by atoms with van der Waals surface area (Å²) < 4.78 is 11.2. The average Bonchev–Trinajstić information content (AvgIpc) is 3.04. The molecule has 1 aromatic carbocycles. The molecule has 4 atom stereocenters. The minimum Gasteiger partial charge on any atom is -0.497 e. The van der Waals surface area contributed by atoms with Gasteiger partial charge in [-0.25, -0.2) is 4.90 Å². The van der Waals surface area contributed by atoms with Crippen LogP contribution in [0.25, 0.3) is 0 Å². The van der Waals surface area contributed by atoms with Gasteiger partial charge < -0.3 is 9.47 Å². The lowest BCUT2D eigenvalue weighted by Crippen LogP contribution is -2.39. The molecule has 4 rings (SSSR count). The van der Waals surface area contributed by atoms with Crippen molar-refractivity contribution < 1.29 is 19.1 Å². The average molecular weight is 299 g/mol. The number of hydrogen-bond acceptors (Lipinski definition) is 4. The number of carbonyl (C=O) groups is 2. The van der Waals surface area contributed by atoms with Crippen LogP contribution in [0.4, 0.5) is 5.69 Å². The first kappa shape index (κ1) is 13.5. The first-order chi connectivity index (χ1) is 10.4. The Labute approximate surface area is 128 Å². The summed E-state index contributed by atoms with van der Waals surface area (Å²) in [6.07, 6.45) is 3.82. The van der Waals surface area contributed by atoms with E-state index in [9.17, 15) is 9.59 Å². The van der Waals surface area contributed by atoms with Crippen molar-refractivity contribution >= 4 is 17.5 Å². The van der Waals surface area contributed by atoms with Gasteiger partial charge in [-0.1, -0.05) is 18.2 Å². The molecule has 0 saturated carbocycles. The Balaban J connectivity index is 1.79. The van der Waals surface area contributed by atoms with Gasteiger partial charge in [0.2, 0.25) is 11.8 Å². The monoisotopic (exact) mass is 299 g/mol. The molecular formula is C17H17NO4. The van der Waals surface area contributed by atoms with Crippen LogP contribution in [-0.4, -0.2) is 30.1 Å². The van der Waals surface area contributed by atoms with E-state index in [1.807, 2.05) is 26.0 Å². The number of hydrogen-bond donors (Lipinski definition) is 0. The molecule has 5 nitrogen and oxygen atoms in total. The summed E-state index contributed by atoms with van der Waals surface area (Å²) >= 11 is 0. The van der Waals surface area contributed by atoms with Crippen LogP contribution >= 0.6 is 0 Å². The van der Waals surface area contributed by atoms with Crippen LogP contribution in [0.15, 0.2) is 36.4 Å². The zero-order valence-corrected chi connectivity index (χ0v) is 12.7. The Bertz CT molecular complexity index is 691. The Morgan fingerprint density at radius 1 is 1.09 bits per heavy atom. The van der Waals surface area contributed by atoms with Crippen LogP contribution in [0.5, 0.6) is 5.75 Å². The highest BCUT2D eigenvalue weighted by Crippen LogP contribution is 2.57. The van der Waals surface area contributed by atoms with E-state index in [1.165, 1.54) is 4.90 Å². The van der Waals surface area contributed by atoms with Gasteiger partial charge >= 0.3 is 0 Å². The number of carbonyl (C=O) groups excluding carboxylic acids is 2. The van der Waals surface area contributed by atoms with Crippen LogP contribution in [0.3, 0.4) is 0 Å². The number of methoxy groups -OCH3 is 1. The van der Waals surface area contributed by atoms with Gasteiger partial charge in [0.1, 0.15) is 5.75 Å². The van der Waals surface area contributed by atoms with Crippen molar-refractivity contribution in [2.45, 2.75) is 25.0 Å². The van der Waals surface area contributed by atoms with Crippen molar-refractivity contribution in [3.63, 3.8) is 0 Å². The second-order valence-corrected chi connectivity index (χ2v) is 6.47. The van der Waals surface area contributed by atoms with E-state index in [0.717, 1.165) is 0 Å². The van der Waals surface area contributed by atoms with Gasteiger partial charge in [0.25, 0.3) is 0 Å². The van der Waals surface area contributed by atoms with Gasteiger partial charge in [0.05, 0.1) is 35.8 Å². The number of benzene rings is 1. The minimum absolute atomic E-state index is 0.196. The van der Waals surface area contributed by atoms with Crippen molar-refractivity contribution in [1.82, 2.24) is 0 Å². The molecule has 0 N–H and O–H groups in total. The van der Waals surface area contributed by atoms with Crippen LogP contribution < -0.4 is 9.64 Å². The smallest absolute Gasteiger partial charge is 0.241 e. The summed E-state index contributed by atoms with van der Waals surface area (Å²) in [7, 11) is 1.56. The van der Waals surface area contributed by atoms with E-state index in [0.29, 0.717) is 11.4 Å². The molecule has 2 amide bonds. The highest BCUT2D eigenvalue weighted by molar-refractivity contribution is 6.23. The van der Waals surface area contributed by atoms with Gasteiger partial charge in [0.15, 0.2) is 0 Å². The lowest BCUT2D eigenvalue weighted by molar-refractivity contribution is -0.128. The predicted octanol–water partition coefficient (Wildman–Crippen LogP) is 1.92. The SMILES string of the molecule is COc1cccc(N2C(=O)[C@H]3[C@H](C2=O)[C@@]2(C)C=C[C@@]3(C)O2)c1. The van der Waals surface area contributed by atoms with E-state index < -0.39 is 23.0 Å². The van der Waals surface area contributed by atoms with Crippen molar-refractivity contribution in [3.8, 4) is 5.75 Å². The lowest BCUT2D eigenvalue weighted by atomic mass is 9.73. The van der Waals surface area contributed by atoms with Gasteiger partial charge in [-0.15, -0.1) is 0 Å². The largest absolute Gasteiger partial charge is 0.497 e. The fourth-order valence-electron chi connectivity index (χ4n) is 4.04. The topological polar surface area (TPSA) is 55.8 Å². The summed E-state index contributed by atoms with van der Waals surface area (Å²) in [5, 5.41) is 0. The molecule has 0 spiro atoms. The third kappa shape index (κ3) is 1.47. The zero-order valence-electron chi connectivity index (χ0n) is 12.7. The Kier molecular flexibility index (Phi) is 2.45. The maximum Gasteiger partial charge on any atom is 0.241 e. The Morgan fingerprint density at radius 3 is 2.23 bits per heavy atom. The highest BCUT2D eigenvalue weighted by atomic mass is 16.5. The van der Waals surface area contributed by atoms with E-state index in [2.05, 4.69) is 0 Å². The summed E-state index contributed by atoms with van der Waals surface area (Å²) in [5.74, 6) is -0.690. The standard InChI is InChI=1S/C17H17NO4/c1-16-7-8-17(2,22-16)13-12(16)14(19)18(15(13)20)10-5-4-6-11(9-10)21-3/h4-9,12-13H,1-3H3/t12-,13-,16-,17-/m1/s1. The molecule has 0 radical (unpaired) electrons. The molecule has 114 valence electrons. The van der Waals surface area contributed by atoms with Gasteiger partial charge in [-0.3, -0.25) is 9.59 Å². The fraction of sp³-hybridized carbons (Fsp3) is 0.412. The number of nitrogens with zero attached hydrogens (tertiary/aromatic N) is 1. The number of fused-ring (bicyclic) bond motifs is 5. The fourth-order valence-corrected chi connectivity index (χ4v) is 4.04. The molecule has 2 fully saturated rings. The molecule has 3 aliphatic heterocycles. The predicted molar refractivity (Wildman–Crippen MR) is 79.5 cm³/mol. The Hall–Kier alpha value is -2.14. The molecule has 2 saturated heterocycles. The van der Waals surface area contributed by atoms with Crippen LogP contribution in [0.1, 0.15) is 13.8 Å². The molecule has 3 heterocycles. The second kappa shape index (κ2) is 3.98. The van der Waals surface area contributed by atoms with Gasteiger partial charge in [-0.2, -0.15) is 0 Å². The minimum atomic E-state index is -0.695. The molecule has 0 unspecified atom stereocenters. The third-order valence-corrected chi connectivity index (χ3v) is 5.04. The van der Waals surface area contributed by atoms with Crippen LogP contribution in [0.2, 0.25) is 0 Å².